The molecule has 4 aromatic rings. The van der Waals surface area contributed by atoms with Crippen molar-refractivity contribution in [3.8, 4) is 22.6 Å². The van der Waals surface area contributed by atoms with Crippen LogP contribution in [-0.4, -0.2) is 39.4 Å². The fourth-order valence-electron chi connectivity index (χ4n) is 5.56. The molecule has 2 atom stereocenters. The lowest BCUT2D eigenvalue weighted by molar-refractivity contribution is 0.0136. The van der Waals surface area contributed by atoms with Crippen LogP contribution in [0.1, 0.15) is 33.0 Å². The third-order valence-electron chi connectivity index (χ3n) is 7.61. The molecule has 1 aliphatic rings. The minimum Gasteiger partial charge on any atom is -0.494 e. The molecule has 44 heavy (non-hydrogen) atoms. The van der Waals surface area contributed by atoms with Gasteiger partial charge in [-0.15, -0.1) is 0 Å². The Labute approximate surface area is 257 Å². The summed E-state index contributed by atoms with van der Waals surface area (Å²) >= 11 is 6.62. The van der Waals surface area contributed by atoms with Crippen LogP contribution >= 0.6 is 11.6 Å². The molecule has 3 N–H and O–H groups in total. The van der Waals surface area contributed by atoms with E-state index in [1.165, 1.54) is 26.4 Å². The zero-order valence-corrected chi connectivity index (χ0v) is 24.6. The molecule has 5 rings (SSSR count). The number of alkyl carbamates (subject to hydrolysis) is 1. The Morgan fingerprint density at radius 1 is 1.00 bits per heavy atom. The second kappa shape index (κ2) is 12.9. The van der Waals surface area contributed by atoms with Gasteiger partial charge in [0.25, 0.3) is 0 Å². The normalized spacial score (nSPS) is 17.0. The van der Waals surface area contributed by atoms with E-state index >= 15 is 8.78 Å². The Bertz CT molecular complexity index is 1690. The molecule has 0 bridgehead atoms. The number of ether oxygens (including phenoxy) is 4. The predicted octanol–water partition coefficient (Wildman–Crippen LogP) is 6.34. The molecule has 0 saturated carbocycles. The summed E-state index contributed by atoms with van der Waals surface area (Å²) in [5.74, 6) is -3.88. The van der Waals surface area contributed by atoms with Crippen molar-refractivity contribution in [2.75, 3.05) is 27.4 Å². The van der Waals surface area contributed by atoms with Crippen molar-refractivity contribution in [1.29, 1.82) is 0 Å². The number of nitrogens with one attached hydrogen (secondary N) is 1. The van der Waals surface area contributed by atoms with Gasteiger partial charge in [0.2, 0.25) is 5.91 Å². The molecule has 1 aliphatic heterocycles. The van der Waals surface area contributed by atoms with Gasteiger partial charge in [-0.25, -0.2) is 13.6 Å². The Hall–Kier alpha value is -4.67. The molecule has 0 aromatic heterocycles. The van der Waals surface area contributed by atoms with Crippen LogP contribution < -0.4 is 20.5 Å². The van der Waals surface area contributed by atoms with Crippen LogP contribution in [0.4, 0.5) is 13.6 Å². The minimum absolute atomic E-state index is 0.0170. The van der Waals surface area contributed by atoms with Crippen LogP contribution in [0.25, 0.3) is 11.1 Å². The summed E-state index contributed by atoms with van der Waals surface area (Å²) in [6, 6.07) is 22.0. The molecule has 8 nitrogen and oxygen atoms in total. The highest BCUT2D eigenvalue weighted by Crippen LogP contribution is 2.56. The number of amides is 2. The molecule has 0 radical (unpaired) electrons. The number of carbonyl (C=O) groups is 2. The van der Waals surface area contributed by atoms with Crippen LogP contribution in [0.15, 0.2) is 78.9 Å². The van der Waals surface area contributed by atoms with Crippen molar-refractivity contribution < 1.29 is 37.3 Å². The Morgan fingerprint density at radius 2 is 1.68 bits per heavy atom. The van der Waals surface area contributed by atoms with Crippen LogP contribution in [0.5, 0.6) is 11.5 Å². The van der Waals surface area contributed by atoms with E-state index in [0.29, 0.717) is 5.56 Å². The Balaban J connectivity index is 1.77. The first-order valence-electron chi connectivity index (χ1n) is 13.6. The number of hydrogen-bond acceptors (Lipinski definition) is 6. The van der Waals surface area contributed by atoms with Gasteiger partial charge in [0.15, 0.2) is 17.2 Å². The summed E-state index contributed by atoms with van der Waals surface area (Å²) in [5, 5.41) is 2.24. The second-order valence-corrected chi connectivity index (χ2v) is 10.5. The van der Waals surface area contributed by atoms with Crippen LogP contribution in [0.2, 0.25) is 5.02 Å². The zero-order valence-electron chi connectivity index (χ0n) is 23.9. The van der Waals surface area contributed by atoms with E-state index < -0.39 is 40.2 Å². The van der Waals surface area contributed by atoms with E-state index in [0.717, 1.165) is 11.6 Å². The van der Waals surface area contributed by atoms with Gasteiger partial charge in [-0.05, 0) is 23.3 Å². The van der Waals surface area contributed by atoms with E-state index in [-0.39, 0.29) is 53.5 Å². The number of hydrogen-bond donors (Lipinski definition) is 2. The van der Waals surface area contributed by atoms with E-state index in [2.05, 4.69) is 5.32 Å². The van der Waals surface area contributed by atoms with Gasteiger partial charge in [0, 0.05) is 22.8 Å². The van der Waals surface area contributed by atoms with Crippen molar-refractivity contribution in [2.45, 2.75) is 18.1 Å². The lowest BCUT2D eigenvalue weighted by Crippen LogP contribution is -2.47. The number of primary amides is 1. The molecule has 2 unspecified atom stereocenters. The van der Waals surface area contributed by atoms with Crippen molar-refractivity contribution in [3.05, 3.63) is 118 Å². The quantitative estimate of drug-likeness (QED) is 0.214. The van der Waals surface area contributed by atoms with Gasteiger partial charge in [-0.3, -0.25) is 4.79 Å². The fourth-order valence-corrected chi connectivity index (χ4v) is 5.81. The van der Waals surface area contributed by atoms with Gasteiger partial charge in [0.1, 0.15) is 11.6 Å². The molecule has 0 fully saturated rings. The minimum atomic E-state index is -1.41. The highest BCUT2D eigenvalue weighted by atomic mass is 35.5. The summed E-state index contributed by atoms with van der Waals surface area (Å²) in [6.45, 7) is -0.00192. The molecule has 4 aromatic carbocycles. The monoisotopic (exact) mass is 622 g/mol. The highest BCUT2D eigenvalue weighted by molar-refractivity contribution is 6.34. The van der Waals surface area contributed by atoms with E-state index in [9.17, 15) is 9.59 Å². The highest BCUT2D eigenvalue weighted by Gasteiger charge is 2.52. The number of carbonyl (C=O) groups excluding carboxylic acids is 2. The van der Waals surface area contributed by atoms with E-state index in [1.54, 1.807) is 30.3 Å². The number of methoxy groups -OCH3 is 2. The lowest BCUT2D eigenvalue weighted by Gasteiger charge is -2.35. The van der Waals surface area contributed by atoms with Crippen LogP contribution in [0, 0.1) is 11.6 Å². The molecular weight excluding hydrogens is 594 g/mol. The summed E-state index contributed by atoms with van der Waals surface area (Å²) in [7, 11) is 2.48. The molecule has 228 valence electrons. The zero-order chi connectivity index (χ0) is 31.4. The van der Waals surface area contributed by atoms with Gasteiger partial charge in [-0.1, -0.05) is 72.3 Å². The van der Waals surface area contributed by atoms with Gasteiger partial charge in [-0.2, -0.15) is 0 Å². The van der Waals surface area contributed by atoms with Gasteiger partial charge in [0.05, 0.1) is 50.5 Å². The molecule has 0 saturated heterocycles. The summed E-state index contributed by atoms with van der Waals surface area (Å²) < 4.78 is 54.5. The predicted molar refractivity (Wildman–Crippen MR) is 160 cm³/mol. The lowest BCUT2D eigenvalue weighted by atomic mass is 9.76. The average molecular weight is 623 g/mol. The average Bonchev–Trinajstić information content (AvgIpc) is 3.34. The van der Waals surface area contributed by atoms with Crippen LogP contribution in [-0.2, 0) is 21.7 Å². The van der Waals surface area contributed by atoms with Gasteiger partial charge < -0.3 is 30.0 Å². The number of fused-ring (bicyclic) bond motifs is 1. The summed E-state index contributed by atoms with van der Waals surface area (Å²) in [4.78, 5) is 24.9. The maximum Gasteiger partial charge on any atom is 0.407 e. The van der Waals surface area contributed by atoms with Crippen LogP contribution in [0.3, 0.4) is 0 Å². The summed E-state index contributed by atoms with van der Waals surface area (Å²) in [6.07, 6.45) is -0.733. The third-order valence-corrected chi connectivity index (χ3v) is 7.98. The third kappa shape index (κ3) is 5.66. The second-order valence-electron chi connectivity index (χ2n) is 10.1. The Kier molecular flexibility index (Phi) is 9.03. The van der Waals surface area contributed by atoms with Crippen molar-refractivity contribution >= 4 is 23.6 Å². The number of rotatable bonds is 10. The first kappa shape index (κ1) is 30.8. The topological polar surface area (TPSA) is 109 Å². The smallest absolute Gasteiger partial charge is 0.407 e. The van der Waals surface area contributed by atoms with E-state index in [1.807, 2.05) is 30.3 Å². The Morgan fingerprint density at radius 3 is 2.32 bits per heavy atom. The summed E-state index contributed by atoms with van der Waals surface area (Å²) in [5.41, 5.74) is 5.26. The van der Waals surface area contributed by atoms with Crippen molar-refractivity contribution in [1.82, 2.24) is 5.32 Å². The van der Waals surface area contributed by atoms with E-state index in [4.69, 9.17) is 36.3 Å². The molecule has 0 aliphatic carbocycles. The maximum absolute atomic E-state index is 16.1. The molecule has 1 heterocycles. The first-order chi connectivity index (χ1) is 21.2. The number of nitrogens with two attached hydrogens (primary N) is 1. The van der Waals surface area contributed by atoms with Crippen molar-refractivity contribution in [3.63, 3.8) is 0 Å². The first-order valence-corrected chi connectivity index (χ1v) is 14.0. The molecule has 2 amide bonds. The SMILES string of the molecule is COC(=O)NCC1(c2ccccc2)Oc2cc(F)c(Cl)c(-c3c(C(N)=O)ccc(OC)c3F)c2C1COCc1ccccc1. The van der Waals surface area contributed by atoms with Gasteiger partial charge >= 0.3 is 6.09 Å². The fraction of sp³-hybridized carbons (Fsp3) is 0.212. The maximum atomic E-state index is 16.1. The molecule has 11 heteroatoms. The standard InChI is InChI=1S/C33H29ClF2N2O6/c1-41-24-14-13-21(31(37)39)26(30(24)36)28-27-22(17-43-16-19-9-5-3-6-10-19)33(18-38-32(40)42-2,20-11-7-4-8-12-20)44-25(27)15-23(35)29(28)34/h3-15,22H,16-18H2,1-2H3,(H2,37,39)(H,38,40). The largest absolute Gasteiger partial charge is 0.494 e. The van der Waals surface area contributed by atoms with Crippen molar-refractivity contribution in [2.24, 2.45) is 5.73 Å². The number of benzene rings is 4. The molecular formula is C33H29ClF2N2O6. The molecule has 0 spiro atoms. The number of halogens is 3.